The number of carbonyl (C=O) groups is 3. The minimum atomic E-state index is -1.74. The number of aliphatic hydroxyl groups is 1. The number of esters is 3. The first-order valence-electron chi connectivity index (χ1n) is 6.99. The molecule has 3 heterocycles. The fraction of sp³-hybridized carbons (Fsp3) is 0.400. The monoisotopic (exact) mass is 320 g/mol. The number of rotatable bonds is 2. The van der Waals surface area contributed by atoms with Gasteiger partial charge in [0.05, 0.1) is 17.8 Å². The summed E-state index contributed by atoms with van der Waals surface area (Å²) < 4.78 is 20.3. The van der Waals surface area contributed by atoms with Crippen LogP contribution in [0.15, 0.2) is 34.6 Å². The van der Waals surface area contributed by atoms with Crippen LogP contribution in [0.5, 0.6) is 0 Å². The van der Waals surface area contributed by atoms with Crippen molar-refractivity contribution in [1.82, 2.24) is 0 Å². The molecule has 120 valence electrons. The van der Waals surface area contributed by atoms with Gasteiger partial charge in [-0.3, -0.25) is 4.79 Å². The summed E-state index contributed by atoms with van der Waals surface area (Å²) in [6.45, 7) is 1.36. The van der Waals surface area contributed by atoms with E-state index in [2.05, 4.69) is 0 Å². The minimum Gasteiger partial charge on any atom is -0.457 e. The van der Waals surface area contributed by atoms with Crippen LogP contribution < -0.4 is 0 Å². The van der Waals surface area contributed by atoms with Crippen LogP contribution in [0.4, 0.5) is 0 Å². The van der Waals surface area contributed by atoms with Crippen LogP contribution in [0, 0.1) is 11.8 Å². The third-order valence-corrected chi connectivity index (χ3v) is 4.57. The molecule has 1 N–H and O–H groups in total. The maximum absolute atomic E-state index is 12.1. The van der Waals surface area contributed by atoms with Crippen molar-refractivity contribution in [3.8, 4) is 0 Å². The number of cyclic esters (lactones) is 1. The molecular weight excluding hydrogens is 308 g/mol. The molecule has 1 saturated carbocycles. The van der Waals surface area contributed by atoms with E-state index in [9.17, 15) is 19.5 Å². The second-order valence-electron chi connectivity index (χ2n) is 5.91. The third-order valence-electron chi connectivity index (χ3n) is 4.57. The smallest absolute Gasteiger partial charge is 0.374 e. The van der Waals surface area contributed by atoms with Crippen LogP contribution in [0.3, 0.4) is 0 Å². The highest BCUT2D eigenvalue weighted by Crippen LogP contribution is 2.52. The quantitative estimate of drug-likeness (QED) is 0.606. The van der Waals surface area contributed by atoms with Crippen molar-refractivity contribution in [2.24, 2.45) is 11.8 Å². The van der Waals surface area contributed by atoms with Gasteiger partial charge in [0.15, 0.2) is 6.10 Å². The van der Waals surface area contributed by atoms with E-state index in [0.717, 1.165) is 6.26 Å². The van der Waals surface area contributed by atoms with E-state index in [0.29, 0.717) is 0 Å². The lowest BCUT2D eigenvalue weighted by Gasteiger charge is -2.32. The number of hydrogen-bond acceptors (Lipinski definition) is 8. The molecule has 1 aromatic heterocycles. The van der Waals surface area contributed by atoms with Crippen LogP contribution in [0.25, 0.3) is 0 Å². The van der Waals surface area contributed by atoms with Gasteiger partial charge in [-0.25, -0.2) is 9.59 Å². The molecule has 1 aromatic rings. The second-order valence-corrected chi connectivity index (χ2v) is 5.91. The van der Waals surface area contributed by atoms with E-state index >= 15 is 0 Å². The van der Waals surface area contributed by atoms with Crippen molar-refractivity contribution >= 4 is 17.9 Å². The summed E-state index contributed by atoms with van der Waals surface area (Å²) in [5.41, 5.74) is -1.58. The van der Waals surface area contributed by atoms with Gasteiger partial charge in [-0.05, 0) is 19.1 Å². The SMILES string of the molecule is C[C@]1(O)[C@@H](OC(=O)c2ccco2)[C@H]2OC(=O)C3=COC(=O)[C@H]1[C@@H]32. The Hall–Kier alpha value is -2.61. The zero-order chi connectivity index (χ0) is 16.4. The van der Waals surface area contributed by atoms with E-state index in [-0.39, 0.29) is 11.3 Å². The summed E-state index contributed by atoms with van der Waals surface area (Å²) >= 11 is 0. The maximum Gasteiger partial charge on any atom is 0.374 e. The number of hydrogen-bond donors (Lipinski definition) is 1. The molecule has 2 aliphatic heterocycles. The van der Waals surface area contributed by atoms with Crippen molar-refractivity contribution in [3.63, 3.8) is 0 Å². The first kappa shape index (κ1) is 14.0. The van der Waals surface area contributed by atoms with Gasteiger partial charge in [-0.15, -0.1) is 0 Å². The van der Waals surface area contributed by atoms with Crippen LogP contribution >= 0.6 is 0 Å². The van der Waals surface area contributed by atoms with Crippen molar-refractivity contribution in [2.45, 2.75) is 24.7 Å². The van der Waals surface area contributed by atoms with E-state index < -0.39 is 47.6 Å². The highest BCUT2D eigenvalue weighted by Gasteiger charge is 2.70. The maximum atomic E-state index is 12.1. The highest BCUT2D eigenvalue weighted by molar-refractivity contribution is 5.96. The molecule has 4 rings (SSSR count). The van der Waals surface area contributed by atoms with Crippen LogP contribution in [0.2, 0.25) is 0 Å². The molecular formula is C15H12O8. The van der Waals surface area contributed by atoms with Gasteiger partial charge in [0, 0.05) is 0 Å². The molecule has 3 aliphatic rings. The topological polar surface area (TPSA) is 112 Å². The van der Waals surface area contributed by atoms with Crippen molar-refractivity contribution in [1.29, 1.82) is 0 Å². The van der Waals surface area contributed by atoms with Crippen molar-refractivity contribution in [2.75, 3.05) is 0 Å². The number of carbonyl (C=O) groups excluding carboxylic acids is 3. The number of ether oxygens (including phenoxy) is 3. The summed E-state index contributed by atoms with van der Waals surface area (Å²) in [5, 5.41) is 10.7. The number of furan rings is 1. The Kier molecular flexibility index (Phi) is 2.71. The first-order chi connectivity index (χ1) is 10.9. The molecule has 0 bridgehead atoms. The van der Waals surface area contributed by atoms with Crippen LogP contribution in [-0.4, -0.2) is 40.8 Å². The summed E-state index contributed by atoms with van der Waals surface area (Å²) in [6.07, 6.45) is 0.186. The fourth-order valence-electron chi connectivity index (χ4n) is 3.53. The van der Waals surface area contributed by atoms with E-state index in [1.807, 2.05) is 0 Å². The zero-order valence-electron chi connectivity index (χ0n) is 11.9. The standard InChI is InChI=1S/C15H12O8/c1-15(19)9-8-6(5-21-14(9)18)12(16)22-10(8)11(15)23-13(17)7-3-2-4-20-7/h2-5,8-11,19H,1H3/t8-,9-,10+,11+,15-/m1/s1. The van der Waals surface area contributed by atoms with E-state index in [1.54, 1.807) is 0 Å². The molecule has 1 saturated heterocycles. The summed E-state index contributed by atoms with van der Waals surface area (Å²) in [6, 6.07) is 2.91. The fourth-order valence-corrected chi connectivity index (χ4v) is 3.53. The van der Waals surface area contributed by atoms with Crippen LogP contribution in [0.1, 0.15) is 17.5 Å². The summed E-state index contributed by atoms with van der Waals surface area (Å²) in [7, 11) is 0. The van der Waals surface area contributed by atoms with E-state index in [4.69, 9.17) is 18.6 Å². The zero-order valence-corrected chi connectivity index (χ0v) is 11.9. The molecule has 0 amide bonds. The predicted molar refractivity (Wildman–Crippen MR) is 69.6 cm³/mol. The Bertz CT molecular complexity index is 729. The Morgan fingerprint density at radius 2 is 2.17 bits per heavy atom. The minimum absolute atomic E-state index is 0.0571. The van der Waals surface area contributed by atoms with Crippen molar-refractivity contribution in [3.05, 3.63) is 36.0 Å². The predicted octanol–water partition coefficient (Wildman–Crippen LogP) is 0.168. The molecule has 1 aliphatic carbocycles. The summed E-state index contributed by atoms with van der Waals surface area (Å²) in [4.78, 5) is 36.0. The summed E-state index contributed by atoms with van der Waals surface area (Å²) in [5.74, 6) is -3.96. The molecule has 0 radical (unpaired) electrons. The largest absolute Gasteiger partial charge is 0.457 e. The lowest BCUT2D eigenvalue weighted by atomic mass is 9.82. The van der Waals surface area contributed by atoms with Gasteiger partial charge in [0.2, 0.25) is 5.76 Å². The van der Waals surface area contributed by atoms with Gasteiger partial charge in [-0.2, -0.15) is 0 Å². The average Bonchev–Trinajstić information content (AvgIpc) is 3.16. The van der Waals surface area contributed by atoms with Gasteiger partial charge >= 0.3 is 17.9 Å². The molecule has 2 fully saturated rings. The Labute approximate surface area is 129 Å². The molecule has 0 unspecified atom stereocenters. The molecule has 23 heavy (non-hydrogen) atoms. The average molecular weight is 320 g/mol. The highest BCUT2D eigenvalue weighted by atomic mass is 16.6. The molecule has 0 aromatic carbocycles. The Morgan fingerprint density at radius 1 is 1.39 bits per heavy atom. The second kappa shape index (κ2) is 4.45. The molecule has 5 atom stereocenters. The van der Waals surface area contributed by atoms with Gasteiger partial charge in [-0.1, -0.05) is 0 Å². The lowest BCUT2D eigenvalue weighted by molar-refractivity contribution is -0.163. The molecule has 8 heteroatoms. The van der Waals surface area contributed by atoms with E-state index in [1.165, 1.54) is 25.3 Å². The van der Waals surface area contributed by atoms with Crippen molar-refractivity contribution < 1.29 is 38.1 Å². The molecule has 8 nitrogen and oxygen atoms in total. The van der Waals surface area contributed by atoms with Gasteiger partial charge in [0.25, 0.3) is 0 Å². The first-order valence-corrected chi connectivity index (χ1v) is 6.99. The third kappa shape index (κ3) is 1.78. The molecule has 0 spiro atoms. The normalized spacial score (nSPS) is 37.7. The van der Waals surface area contributed by atoms with Crippen LogP contribution in [-0.2, 0) is 23.8 Å². The Balaban J connectivity index is 1.70. The van der Waals surface area contributed by atoms with Gasteiger partial charge in [0.1, 0.15) is 23.9 Å². The lowest BCUT2D eigenvalue weighted by Crippen LogP contribution is -2.49. The Morgan fingerprint density at radius 3 is 2.87 bits per heavy atom. The van der Waals surface area contributed by atoms with Gasteiger partial charge < -0.3 is 23.7 Å².